The first-order valence-electron chi connectivity index (χ1n) is 5.96. The zero-order valence-electron chi connectivity index (χ0n) is 10.6. The predicted octanol–water partition coefficient (Wildman–Crippen LogP) is 3.12. The summed E-state index contributed by atoms with van der Waals surface area (Å²) in [6.07, 6.45) is 0. The van der Waals surface area contributed by atoms with Gasteiger partial charge in [0.2, 0.25) is 0 Å². The average Bonchev–Trinajstić information content (AvgIpc) is 3.04. The number of rotatable bonds is 5. The van der Waals surface area contributed by atoms with Crippen LogP contribution >= 0.6 is 22.9 Å². The molecule has 0 unspecified atom stereocenters. The van der Waals surface area contributed by atoms with E-state index in [9.17, 15) is 4.79 Å². The van der Waals surface area contributed by atoms with Crippen molar-refractivity contribution >= 4 is 28.8 Å². The zero-order chi connectivity index (χ0) is 13.8. The molecule has 2 aromatic rings. The highest BCUT2D eigenvalue weighted by molar-refractivity contribution is 7.16. The number of carbonyl (C=O) groups is 1. The lowest BCUT2D eigenvalue weighted by Crippen LogP contribution is -2.29. The lowest BCUT2D eigenvalue weighted by atomic mass is 10.3. The van der Waals surface area contributed by atoms with Crippen LogP contribution in [-0.4, -0.2) is 17.4 Å². The van der Waals surface area contributed by atoms with Crippen LogP contribution in [0.25, 0.3) is 0 Å². The van der Waals surface area contributed by atoms with Gasteiger partial charge in [-0.1, -0.05) is 11.6 Å². The molecule has 0 bridgehead atoms. The van der Waals surface area contributed by atoms with Gasteiger partial charge in [-0.05, 0) is 31.2 Å². The monoisotopic (exact) mass is 298 g/mol. The summed E-state index contributed by atoms with van der Waals surface area (Å²) in [4.78, 5) is 15.0. The van der Waals surface area contributed by atoms with Crippen molar-refractivity contribution in [3.8, 4) is 0 Å². The molecule has 0 fully saturated rings. The molecule has 0 radical (unpaired) electrons. The Bertz CT molecular complexity index is 564. The van der Waals surface area contributed by atoms with Crippen LogP contribution in [0, 0.1) is 0 Å². The molecule has 0 saturated heterocycles. The van der Waals surface area contributed by atoms with E-state index in [0.29, 0.717) is 31.2 Å². The maximum Gasteiger partial charge on any atom is 0.289 e. The van der Waals surface area contributed by atoms with E-state index in [0.717, 1.165) is 9.21 Å². The molecule has 1 amide bonds. The number of nitrogens with zero attached hydrogens (tertiary/aromatic N) is 1. The van der Waals surface area contributed by atoms with Gasteiger partial charge in [0.15, 0.2) is 5.76 Å². The van der Waals surface area contributed by atoms with Crippen molar-refractivity contribution < 1.29 is 9.21 Å². The van der Waals surface area contributed by atoms with Gasteiger partial charge in [-0.2, -0.15) is 0 Å². The van der Waals surface area contributed by atoms with Crippen molar-refractivity contribution in [2.45, 2.75) is 20.0 Å². The van der Waals surface area contributed by atoms with Crippen LogP contribution in [0.3, 0.4) is 0 Å². The number of hydrogen-bond donors (Lipinski definition) is 1. The first-order chi connectivity index (χ1) is 9.13. The van der Waals surface area contributed by atoms with Crippen LogP contribution in [0.5, 0.6) is 0 Å². The summed E-state index contributed by atoms with van der Waals surface area (Å²) >= 11 is 7.36. The second-order valence-electron chi connectivity index (χ2n) is 4.00. The minimum absolute atomic E-state index is 0.133. The van der Waals surface area contributed by atoms with Crippen molar-refractivity contribution in [1.29, 1.82) is 0 Å². The molecule has 102 valence electrons. The van der Waals surface area contributed by atoms with Crippen molar-refractivity contribution in [3.05, 3.63) is 45.0 Å². The Morgan fingerprint density at radius 1 is 1.42 bits per heavy atom. The lowest BCUT2D eigenvalue weighted by Gasteiger charge is -2.18. The summed E-state index contributed by atoms with van der Waals surface area (Å²) < 4.78 is 6.11. The largest absolute Gasteiger partial charge is 0.455 e. The Labute approximate surface area is 120 Å². The SMILES string of the molecule is CCN(Cc1ccc(Cl)s1)C(=O)c1ccc(CN)o1. The van der Waals surface area contributed by atoms with Crippen LogP contribution < -0.4 is 5.73 Å². The third kappa shape index (κ3) is 3.37. The van der Waals surface area contributed by atoms with Gasteiger partial charge in [0.25, 0.3) is 5.91 Å². The fourth-order valence-corrected chi connectivity index (χ4v) is 2.81. The van der Waals surface area contributed by atoms with Gasteiger partial charge in [0, 0.05) is 11.4 Å². The third-order valence-electron chi connectivity index (χ3n) is 2.72. The quantitative estimate of drug-likeness (QED) is 0.922. The van der Waals surface area contributed by atoms with Crippen LogP contribution in [0.1, 0.15) is 28.1 Å². The fourth-order valence-electron chi connectivity index (χ4n) is 1.71. The lowest BCUT2D eigenvalue weighted by molar-refractivity contribution is 0.0720. The molecular weight excluding hydrogens is 284 g/mol. The highest BCUT2D eigenvalue weighted by Gasteiger charge is 2.18. The molecule has 0 aliphatic heterocycles. The standard InChI is InChI=1S/C13H15ClN2O2S/c1-2-16(8-10-4-6-12(14)19-10)13(17)11-5-3-9(7-15)18-11/h3-6H,2,7-8,15H2,1H3. The summed E-state index contributed by atoms with van der Waals surface area (Å²) in [7, 11) is 0. The van der Waals surface area contributed by atoms with E-state index in [-0.39, 0.29) is 5.91 Å². The first-order valence-corrected chi connectivity index (χ1v) is 7.15. The van der Waals surface area contributed by atoms with Crippen molar-refractivity contribution in [3.63, 3.8) is 0 Å². The van der Waals surface area contributed by atoms with E-state index < -0.39 is 0 Å². The normalized spacial score (nSPS) is 10.7. The highest BCUT2D eigenvalue weighted by atomic mass is 35.5. The molecule has 0 aliphatic rings. The number of amides is 1. The number of thiophene rings is 1. The number of carbonyl (C=O) groups excluding carboxylic acids is 1. The molecule has 2 heterocycles. The molecule has 0 saturated carbocycles. The Hall–Kier alpha value is -1.30. The van der Waals surface area contributed by atoms with E-state index in [1.165, 1.54) is 11.3 Å². The number of hydrogen-bond acceptors (Lipinski definition) is 4. The van der Waals surface area contributed by atoms with E-state index in [4.69, 9.17) is 21.8 Å². The van der Waals surface area contributed by atoms with Crippen molar-refractivity contribution in [2.75, 3.05) is 6.54 Å². The van der Waals surface area contributed by atoms with Crippen molar-refractivity contribution in [2.24, 2.45) is 5.73 Å². The minimum atomic E-state index is -0.133. The summed E-state index contributed by atoms with van der Waals surface area (Å²) in [6.45, 7) is 3.36. The van der Waals surface area contributed by atoms with Gasteiger partial charge in [-0.25, -0.2) is 0 Å². The van der Waals surface area contributed by atoms with Gasteiger partial charge in [0.1, 0.15) is 5.76 Å². The molecule has 2 aromatic heterocycles. The van der Waals surface area contributed by atoms with Gasteiger partial charge >= 0.3 is 0 Å². The number of halogens is 1. The molecule has 4 nitrogen and oxygen atoms in total. The summed E-state index contributed by atoms with van der Waals surface area (Å²) in [5, 5.41) is 0. The van der Waals surface area contributed by atoms with E-state index >= 15 is 0 Å². The van der Waals surface area contributed by atoms with Crippen LogP contribution in [0.4, 0.5) is 0 Å². The zero-order valence-corrected chi connectivity index (χ0v) is 12.1. The van der Waals surface area contributed by atoms with Crippen LogP contribution in [0.2, 0.25) is 4.34 Å². The predicted molar refractivity (Wildman–Crippen MR) is 76.3 cm³/mol. The summed E-state index contributed by atoms with van der Waals surface area (Å²) in [5.74, 6) is 0.801. The minimum Gasteiger partial charge on any atom is -0.455 e. The molecule has 0 spiro atoms. The molecule has 2 N–H and O–H groups in total. The summed E-state index contributed by atoms with van der Waals surface area (Å²) in [6, 6.07) is 7.15. The Morgan fingerprint density at radius 3 is 2.74 bits per heavy atom. The van der Waals surface area contributed by atoms with E-state index in [1.54, 1.807) is 17.0 Å². The average molecular weight is 299 g/mol. The smallest absolute Gasteiger partial charge is 0.289 e. The second kappa shape index (κ2) is 6.23. The van der Waals surface area contributed by atoms with Crippen molar-refractivity contribution in [1.82, 2.24) is 4.90 Å². The Morgan fingerprint density at radius 2 is 2.21 bits per heavy atom. The molecule has 19 heavy (non-hydrogen) atoms. The van der Waals surface area contributed by atoms with Gasteiger partial charge < -0.3 is 15.1 Å². The number of nitrogens with two attached hydrogens (primary N) is 1. The maximum absolute atomic E-state index is 12.3. The maximum atomic E-state index is 12.3. The third-order valence-corrected chi connectivity index (χ3v) is 3.93. The molecule has 0 aromatic carbocycles. The van der Waals surface area contributed by atoms with Gasteiger partial charge in [0.05, 0.1) is 17.4 Å². The molecule has 0 aliphatic carbocycles. The summed E-state index contributed by atoms with van der Waals surface area (Å²) in [5.41, 5.74) is 5.47. The molecular formula is C13H15ClN2O2S. The molecule has 2 rings (SSSR count). The molecule has 6 heteroatoms. The Balaban J connectivity index is 2.10. The van der Waals surface area contributed by atoms with Crippen LogP contribution in [0.15, 0.2) is 28.7 Å². The first kappa shape index (κ1) is 14.1. The Kier molecular flexibility index (Phi) is 4.63. The van der Waals surface area contributed by atoms with E-state index in [2.05, 4.69) is 0 Å². The van der Waals surface area contributed by atoms with Gasteiger partial charge in [-0.3, -0.25) is 4.79 Å². The van der Waals surface area contributed by atoms with Crippen LogP contribution in [-0.2, 0) is 13.1 Å². The van der Waals surface area contributed by atoms with Gasteiger partial charge in [-0.15, -0.1) is 11.3 Å². The van der Waals surface area contributed by atoms with E-state index in [1.807, 2.05) is 19.1 Å². The molecule has 0 atom stereocenters. The fraction of sp³-hybridized carbons (Fsp3) is 0.308. The highest BCUT2D eigenvalue weighted by Crippen LogP contribution is 2.23. The second-order valence-corrected chi connectivity index (χ2v) is 5.79. The topological polar surface area (TPSA) is 59.5 Å². The number of furan rings is 1.